The number of pyridine rings is 1. The number of carbonyl (C=O) groups is 1. The summed E-state index contributed by atoms with van der Waals surface area (Å²) < 4.78 is 27.7. The quantitative estimate of drug-likeness (QED) is 0.646. The van der Waals surface area contributed by atoms with E-state index in [1.54, 1.807) is 30.6 Å². The minimum Gasteiger partial charge on any atom is -0.321 e. The van der Waals surface area contributed by atoms with Crippen LogP contribution in [0.25, 0.3) is 10.7 Å². The molecule has 1 fully saturated rings. The molecule has 0 atom stereocenters. The van der Waals surface area contributed by atoms with Crippen LogP contribution in [0.5, 0.6) is 0 Å². The number of sulfonamides is 1. The van der Waals surface area contributed by atoms with Crippen LogP contribution in [-0.4, -0.2) is 41.7 Å². The van der Waals surface area contributed by atoms with Gasteiger partial charge >= 0.3 is 0 Å². The molecule has 0 aliphatic carbocycles. The Morgan fingerprint density at radius 2 is 1.93 bits per heavy atom. The van der Waals surface area contributed by atoms with E-state index in [-0.39, 0.29) is 10.6 Å². The number of aromatic nitrogens is 2. The van der Waals surface area contributed by atoms with Crippen molar-refractivity contribution in [3.8, 4) is 10.7 Å². The maximum atomic E-state index is 13.1. The van der Waals surface area contributed by atoms with Crippen LogP contribution in [0.4, 0.5) is 5.69 Å². The Morgan fingerprint density at radius 3 is 2.67 bits per heavy atom. The van der Waals surface area contributed by atoms with E-state index in [4.69, 9.17) is 0 Å². The summed E-state index contributed by atoms with van der Waals surface area (Å²) in [6.45, 7) is 2.84. The third-order valence-corrected chi connectivity index (χ3v) is 7.91. The number of aryl methyl sites for hydroxylation is 1. The number of benzene rings is 1. The number of nitrogens with zero attached hydrogens (tertiary/aromatic N) is 3. The average Bonchev–Trinajstić information content (AvgIpc) is 3.27. The van der Waals surface area contributed by atoms with Gasteiger partial charge in [-0.3, -0.25) is 9.78 Å². The Kier molecular flexibility index (Phi) is 5.94. The molecule has 2 aromatic heterocycles. The highest BCUT2D eigenvalue weighted by atomic mass is 32.2. The summed E-state index contributed by atoms with van der Waals surface area (Å²) >= 11 is 1.33. The summed E-state index contributed by atoms with van der Waals surface area (Å²) in [5, 5.41) is 5.08. The van der Waals surface area contributed by atoms with Gasteiger partial charge in [-0.1, -0.05) is 18.6 Å². The molecule has 1 aliphatic rings. The fourth-order valence-electron chi connectivity index (χ4n) is 3.38. The van der Waals surface area contributed by atoms with Gasteiger partial charge in [0.2, 0.25) is 10.0 Å². The normalized spacial score (nSPS) is 15.1. The van der Waals surface area contributed by atoms with Crippen molar-refractivity contribution in [3.05, 3.63) is 59.2 Å². The highest BCUT2D eigenvalue weighted by Gasteiger charge is 2.27. The van der Waals surface area contributed by atoms with E-state index in [0.717, 1.165) is 19.3 Å². The van der Waals surface area contributed by atoms with Crippen molar-refractivity contribution in [2.24, 2.45) is 0 Å². The summed E-state index contributed by atoms with van der Waals surface area (Å²) in [7, 11) is -3.59. The minimum atomic E-state index is -3.59. The summed E-state index contributed by atoms with van der Waals surface area (Å²) in [6.07, 6.45) is 4.47. The molecule has 0 saturated carbocycles. The molecule has 1 aromatic carbocycles. The van der Waals surface area contributed by atoms with Crippen LogP contribution in [0, 0.1) is 6.92 Å². The maximum Gasteiger partial charge on any atom is 0.275 e. The number of nitrogens with one attached hydrogen (secondary N) is 1. The first-order chi connectivity index (χ1) is 14.4. The van der Waals surface area contributed by atoms with E-state index in [2.05, 4.69) is 15.3 Å². The molecule has 4 rings (SSSR count). The lowest BCUT2D eigenvalue weighted by Crippen LogP contribution is -2.36. The van der Waals surface area contributed by atoms with Crippen molar-refractivity contribution >= 4 is 33.0 Å². The molecular weight excluding hydrogens is 420 g/mol. The molecule has 0 radical (unpaired) electrons. The zero-order valence-corrected chi connectivity index (χ0v) is 18.2. The number of rotatable bonds is 5. The minimum absolute atomic E-state index is 0.231. The summed E-state index contributed by atoms with van der Waals surface area (Å²) in [4.78, 5) is 21.5. The number of hydrogen-bond acceptors (Lipinski definition) is 6. The molecule has 0 spiro atoms. The Labute approximate surface area is 179 Å². The van der Waals surface area contributed by atoms with Gasteiger partial charge in [-0.2, -0.15) is 4.31 Å². The van der Waals surface area contributed by atoms with E-state index in [0.29, 0.717) is 35.0 Å². The smallest absolute Gasteiger partial charge is 0.275 e. The average molecular weight is 443 g/mol. The highest BCUT2D eigenvalue weighted by Crippen LogP contribution is 2.27. The summed E-state index contributed by atoms with van der Waals surface area (Å²) in [5.74, 6) is -0.390. The van der Waals surface area contributed by atoms with Crippen molar-refractivity contribution in [2.45, 2.75) is 31.1 Å². The fraction of sp³-hybridized carbons (Fsp3) is 0.286. The van der Waals surface area contributed by atoms with E-state index in [1.807, 2.05) is 18.2 Å². The fourth-order valence-corrected chi connectivity index (χ4v) is 5.92. The predicted molar refractivity (Wildman–Crippen MR) is 117 cm³/mol. The van der Waals surface area contributed by atoms with Gasteiger partial charge in [-0.05, 0) is 49.6 Å². The summed E-state index contributed by atoms with van der Waals surface area (Å²) in [6, 6.07) is 10.5. The number of carbonyl (C=O) groups excluding carboxylic acids is 1. The van der Waals surface area contributed by atoms with Crippen molar-refractivity contribution in [1.29, 1.82) is 0 Å². The SMILES string of the molecule is Cc1ccc(NC(=O)c2csc(-c3ccccn3)n2)cc1S(=O)(=O)N1CCCCC1. The lowest BCUT2D eigenvalue weighted by Gasteiger charge is -2.26. The number of amides is 1. The first-order valence-electron chi connectivity index (χ1n) is 9.74. The molecule has 1 aliphatic heterocycles. The van der Waals surface area contributed by atoms with Gasteiger partial charge in [-0.15, -0.1) is 11.3 Å². The first-order valence-corrected chi connectivity index (χ1v) is 12.1. The van der Waals surface area contributed by atoms with E-state index in [1.165, 1.54) is 21.7 Å². The molecule has 7 nitrogen and oxygen atoms in total. The Hall–Kier alpha value is -2.62. The molecule has 3 aromatic rings. The first kappa shape index (κ1) is 20.6. The number of piperidine rings is 1. The van der Waals surface area contributed by atoms with E-state index < -0.39 is 15.9 Å². The van der Waals surface area contributed by atoms with Gasteiger partial charge in [0.1, 0.15) is 10.7 Å². The molecule has 9 heteroatoms. The Morgan fingerprint density at radius 1 is 1.13 bits per heavy atom. The van der Waals surface area contributed by atoms with Gasteiger partial charge in [0.15, 0.2) is 0 Å². The van der Waals surface area contributed by atoms with Gasteiger partial charge in [0.05, 0.1) is 10.6 Å². The van der Waals surface area contributed by atoms with E-state index in [9.17, 15) is 13.2 Å². The standard InChI is InChI=1S/C21H22N4O3S2/c1-15-8-9-16(13-19(15)30(27,28)25-11-5-2-6-12-25)23-20(26)18-14-29-21(24-18)17-7-3-4-10-22-17/h3-4,7-10,13-14H,2,5-6,11-12H2,1H3,(H,23,26). The molecule has 1 saturated heterocycles. The van der Waals surface area contributed by atoms with E-state index >= 15 is 0 Å². The molecule has 30 heavy (non-hydrogen) atoms. The Bertz CT molecular complexity index is 1150. The van der Waals surface area contributed by atoms with Crippen molar-refractivity contribution in [2.75, 3.05) is 18.4 Å². The largest absolute Gasteiger partial charge is 0.321 e. The lowest BCUT2D eigenvalue weighted by atomic mass is 10.2. The number of hydrogen-bond donors (Lipinski definition) is 1. The zero-order valence-electron chi connectivity index (χ0n) is 16.5. The molecule has 1 amide bonds. The Balaban J connectivity index is 1.55. The van der Waals surface area contributed by atoms with Crippen LogP contribution < -0.4 is 5.32 Å². The topological polar surface area (TPSA) is 92.3 Å². The second-order valence-corrected chi connectivity index (χ2v) is 9.92. The van der Waals surface area contributed by atoms with Gasteiger partial charge in [0.25, 0.3) is 5.91 Å². The zero-order chi connectivity index (χ0) is 21.1. The molecule has 0 bridgehead atoms. The van der Waals surface area contributed by atoms with Crippen LogP contribution >= 0.6 is 11.3 Å². The van der Waals surface area contributed by atoms with Crippen LogP contribution in [0.2, 0.25) is 0 Å². The molecule has 0 unspecified atom stereocenters. The lowest BCUT2D eigenvalue weighted by molar-refractivity contribution is 0.102. The van der Waals surface area contributed by atoms with Crippen LogP contribution in [0.3, 0.4) is 0 Å². The summed E-state index contributed by atoms with van der Waals surface area (Å²) in [5.41, 5.74) is 2.05. The second kappa shape index (κ2) is 8.63. The number of anilines is 1. The predicted octanol–water partition coefficient (Wildman–Crippen LogP) is 3.94. The third-order valence-electron chi connectivity index (χ3n) is 5.00. The molecular formula is C21H22N4O3S2. The molecule has 1 N–H and O–H groups in total. The van der Waals surface area contributed by atoms with Crippen LogP contribution in [0.1, 0.15) is 35.3 Å². The van der Waals surface area contributed by atoms with Crippen molar-refractivity contribution < 1.29 is 13.2 Å². The van der Waals surface area contributed by atoms with Gasteiger partial charge in [0, 0.05) is 30.4 Å². The second-order valence-electron chi connectivity index (χ2n) is 7.15. The van der Waals surface area contributed by atoms with Gasteiger partial charge in [-0.25, -0.2) is 13.4 Å². The van der Waals surface area contributed by atoms with Crippen molar-refractivity contribution in [3.63, 3.8) is 0 Å². The molecule has 3 heterocycles. The highest BCUT2D eigenvalue weighted by molar-refractivity contribution is 7.89. The number of thiazole rings is 1. The maximum absolute atomic E-state index is 13.1. The van der Waals surface area contributed by atoms with Crippen LogP contribution in [-0.2, 0) is 10.0 Å². The van der Waals surface area contributed by atoms with Crippen LogP contribution in [0.15, 0.2) is 52.9 Å². The van der Waals surface area contributed by atoms with Gasteiger partial charge < -0.3 is 5.32 Å². The monoisotopic (exact) mass is 442 g/mol. The molecule has 156 valence electrons. The third kappa shape index (κ3) is 4.28. The van der Waals surface area contributed by atoms with Crippen molar-refractivity contribution in [1.82, 2.24) is 14.3 Å².